The van der Waals surface area contributed by atoms with E-state index in [0.29, 0.717) is 23.9 Å². The van der Waals surface area contributed by atoms with Crippen molar-refractivity contribution >= 4 is 10.9 Å². The smallest absolute Gasteiger partial charge is 0.258 e. The molecule has 0 aliphatic carbocycles. The van der Waals surface area contributed by atoms with E-state index in [4.69, 9.17) is 0 Å². The van der Waals surface area contributed by atoms with Crippen LogP contribution in [-0.4, -0.2) is 9.67 Å². The summed E-state index contributed by atoms with van der Waals surface area (Å²) >= 11 is 0. The predicted octanol–water partition coefficient (Wildman–Crippen LogP) is 3.48. The van der Waals surface area contributed by atoms with Gasteiger partial charge in [0.15, 0.2) is 0 Å². The lowest BCUT2D eigenvalue weighted by Crippen LogP contribution is -2.24. The highest BCUT2D eigenvalue weighted by Crippen LogP contribution is 2.27. The second-order valence-corrected chi connectivity index (χ2v) is 5.21. The van der Waals surface area contributed by atoms with Crippen LogP contribution >= 0.6 is 0 Å². The Bertz CT molecular complexity index is 879. The molecule has 0 saturated carbocycles. The SMILES string of the molecule is C=CCn1c(=O)c(Cc2ccccc2)c(O)c2ccccc21. The third-order valence-electron chi connectivity index (χ3n) is 3.77. The zero-order valence-corrected chi connectivity index (χ0v) is 12.2. The number of fused-ring (bicyclic) bond motifs is 1. The molecular weight excluding hydrogens is 274 g/mol. The largest absolute Gasteiger partial charge is 0.507 e. The summed E-state index contributed by atoms with van der Waals surface area (Å²) in [6.45, 7) is 4.14. The zero-order chi connectivity index (χ0) is 15.5. The molecule has 0 spiro atoms. The van der Waals surface area contributed by atoms with Crippen molar-refractivity contribution in [3.63, 3.8) is 0 Å². The quantitative estimate of drug-likeness (QED) is 0.748. The number of aromatic hydroxyl groups is 1. The number of hydrogen-bond acceptors (Lipinski definition) is 2. The van der Waals surface area contributed by atoms with Gasteiger partial charge in [-0.3, -0.25) is 4.79 Å². The van der Waals surface area contributed by atoms with Gasteiger partial charge in [0, 0.05) is 18.4 Å². The van der Waals surface area contributed by atoms with E-state index in [1.165, 1.54) is 0 Å². The highest BCUT2D eigenvalue weighted by molar-refractivity contribution is 5.86. The molecule has 0 aliphatic heterocycles. The number of hydrogen-bond donors (Lipinski definition) is 1. The number of nitrogens with zero attached hydrogens (tertiary/aromatic N) is 1. The Morgan fingerprint density at radius 3 is 2.45 bits per heavy atom. The summed E-state index contributed by atoms with van der Waals surface area (Å²) in [4.78, 5) is 12.8. The lowest BCUT2D eigenvalue weighted by molar-refractivity contribution is 0.472. The zero-order valence-electron chi connectivity index (χ0n) is 12.2. The van der Waals surface area contributed by atoms with Crippen LogP contribution in [0.1, 0.15) is 11.1 Å². The third-order valence-corrected chi connectivity index (χ3v) is 3.77. The van der Waals surface area contributed by atoms with Crippen molar-refractivity contribution in [2.45, 2.75) is 13.0 Å². The Hall–Kier alpha value is -2.81. The minimum Gasteiger partial charge on any atom is -0.507 e. The maximum Gasteiger partial charge on any atom is 0.258 e. The van der Waals surface area contributed by atoms with E-state index in [0.717, 1.165) is 11.1 Å². The summed E-state index contributed by atoms with van der Waals surface area (Å²) in [5, 5.41) is 11.2. The van der Waals surface area contributed by atoms with Gasteiger partial charge in [-0.05, 0) is 17.7 Å². The van der Waals surface area contributed by atoms with E-state index in [1.807, 2.05) is 54.6 Å². The van der Waals surface area contributed by atoms with Crippen molar-refractivity contribution in [1.29, 1.82) is 0 Å². The second kappa shape index (κ2) is 5.90. The van der Waals surface area contributed by atoms with Gasteiger partial charge in [0.1, 0.15) is 5.75 Å². The molecule has 1 aromatic heterocycles. The third kappa shape index (κ3) is 2.42. The summed E-state index contributed by atoms with van der Waals surface area (Å²) in [5.41, 5.74) is 1.98. The van der Waals surface area contributed by atoms with Crippen LogP contribution in [0.4, 0.5) is 0 Å². The minimum absolute atomic E-state index is 0.0739. The van der Waals surface area contributed by atoms with Crippen molar-refractivity contribution in [1.82, 2.24) is 4.57 Å². The van der Waals surface area contributed by atoms with Gasteiger partial charge in [0.05, 0.1) is 11.1 Å². The summed E-state index contributed by atoms with van der Waals surface area (Å²) in [6, 6.07) is 17.1. The highest BCUT2D eigenvalue weighted by atomic mass is 16.3. The second-order valence-electron chi connectivity index (χ2n) is 5.21. The number of aromatic nitrogens is 1. The number of pyridine rings is 1. The first-order valence-electron chi connectivity index (χ1n) is 7.20. The maximum absolute atomic E-state index is 12.8. The minimum atomic E-state index is -0.167. The van der Waals surface area contributed by atoms with Gasteiger partial charge >= 0.3 is 0 Å². The highest BCUT2D eigenvalue weighted by Gasteiger charge is 2.15. The van der Waals surface area contributed by atoms with Crippen molar-refractivity contribution in [2.75, 3.05) is 0 Å². The molecule has 3 aromatic rings. The van der Waals surface area contributed by atoms with Crippen molar-refractivity contribution in [2.24, 2.45) is 0 Å². The Kier molecular flexibility index (Phi) is 3.79. The van der Waals surface area contributed by atoms with E-state index in [9.17, 15) is 9.90 Å². The van der Waals surface area contributed by atoms with Crippen LogP contribution < -0.4 is 5.56 Å². The molecule has 2 aromatic carbocycles. The Balaban J connectivity index is 2.25. The molecule has 22 heavy (non-hydrogen) atoms. The monoisotopic (exact) mass is 291 g/mol. The summed E-state index contributed by atoms with van der Waals surface area (Å²) < 4.78 is 1.65. The first kappa shape index (κ1) is 14.1. The van der Waals surface area contributed by atoms with Crippen molar-refractivity contribution < 1.29 is 5.11 Å². The Morgan fingerprint density at radius 1 is 1.05 bits per heavy atom. The Morgan fingerprint density at radius 2 is 1.73 bits per heavy atom. The number of benzene rings is 2. The topological polar surface area (TPSA) is 42.2 Å². The summed E-state index contributed by atoms with van der Waals surface area (Å²) in [5.74, 6) is 0.0739. The molecule has 3 heteroatoms. The molecular formula is C19H17NO2. The van der Waals surface area contributed by atoms with E-state index >= 15 is 0 Å². The molecule has 0 radical (unpaired) electrons. The van der Waals surface area contributed by atoms with Gasteiger partial charge in [-0.25, -0.2) is 0 Å². The molecule has 0 aliphatic rings. The van der Waals surface area contributed by atoms with Crippen LogP contribution in [0.25, 0.3) is 10.9 Å². The van der Waals surface area contributed by atoms with E-state index in [2.05, 4.69) is 6.58 Å². The standard InChI is InChI=1S/C19H17NO2/c1-2-12-20-17-11-7-6-10-15(17)18(21)16(19(20)22)13-14-8-4-3-5-9-14/h2-11,21H,1,12-13H2. The van der Waals surface area contributed by atoms with Crippen LogP contribution in [0.15, 0.2) is 72.0 Å². The molecule has 0 bridgehead atoms. The number of para-hydroxylation sites is 1. The lowest BCUT2D eigenvalue weighted by atomic mass is 10.0. The van der Waals surface area contributed by atoms with Gasteiger partial charge < -0.3 is 9.67 Å². The fourth-order valence-corrected chi connectivity index (χ4v) is 2.72. The first-order chi connectivity index (χ1) is 10.7. The van der Waals surface area contributed by atoms with Gasteiger partial charge in [-0.2, -0.15) is 0 Å². The summed E-state index contributed by atoms with van der Waals surface area (Å²) in [6.07, 6.45) is 2.10. The molecule has 1 N–H and O–H groups in total. The number of rotatable bonds is 4. The van der Waals surface area contributed by atoms with Gasteiger partial charge in [-0.1, -0.05) is 48.5 Å². The van der Waals surface area contributed by atoms with Crippen LogP contribution in [0.3, 0.4) is 0 Å². The fraction of sp³-hybridized carbons (Fsp3) is 0.105. The average Bonchev–Trinajstić information content (AvgIpc) is 2.56. The van der Waals surface area contributed by atoms with Crippen molar-refractivity contribution in [3.05, 3.63) is 88.7 Å². The van der Waals surface area contributed by atoms with Crippen LogP contribution in [0.2, 0.25) is 0 Å². The van der Waals surface area contributed by atoms with Crippen LogP contribution in [0.5, 0.6) is 5.75 Å². The molecule has 0 saturated heterocycles. The normalized spacial score (nSPS) is 10.7. The molecule has 0 amide bonds. The van der Waals surface area contributed by atoms with Crippen LogP contribution in [0, 0.1) is 0 Å². The molecule has 0 unspecified atom stereocenters. The van der Waals surface area contributed by atoms with E-state index in [1.54, 1.807) is 10.6 Å². The van der Waals surface area contributed by atoms with Gasteiger partial charge in [-0.15, -0.1) is 6.58 Å². The van der Waals surface area contributed by atoms with Crippen molar-refractivity contribution in [3.8, 4) is 5.75 Å². The van der Waals surface area contributed by atoms with Gasteiger partial charge in [0.25, 0.3) is 5.56 Å². The molecule has 110 valence electrons. The molecule has 0 fully saturated rings. The van der Waals surface area contributed by atoms with Crippen LogP contribution in [-0.2, 0) is 13.0 Å². The van der Waals surface area contributed by atoms with E-state index < -0.39 is 0 Å². The number of allylic oxidation sites excluding steroid dienone is 1. The average molecular weight is 291 g/mol. The molecule has 3 nitrogen and oxygen atoms in total. The first-order valence-corrected chi connectivity index (χ1v) is 7.20. The maximum atomic E-state index is 12.8. The summed E-state index contributed by atoms with van der Waals surface area (Å²) in [7, 11) is 0. The molecule has 3 rings (SSSR count). The molecule has 0 atom stereocenters. The predicted molar refractivity (Wildman–Crippen MR) is 89.3 cm³/mol. The lowest BCUT2D eigenvalue weighted by Gasteiger charge is -2.14. The Labute approximate surface area is 128 Å². The fourth-order valence-electron chi connectivity index (χ4n) is 2.72. The molecule has 1 heterocycles. The van der Waals surface area contributed by atoms with Gasteiger partial charge in [0.2, 0.25) is 0 Å². The van der Waals surface area contributed by atoms with E-state index in [-0.39, 0.29) is 11.3 Å².